The van der Waals surface area contributed by atoms with E-state index in [0.29, 0.717) is 17.2 Å². The molecule has 29 heavy (non-hydrogen) atoms. The molecule has 0 bridgehead atoms. The average molecular weight is 385 g/mol. The third-order valence-electron chi connectivity index (χ3n) is 5.69. The molecule has 1 aliphatic rings. The van der Waals surface area contributed by atoms with Crippen LogP contribution in [0, 0.1) is 6.92 Å². The van der Waals surface area contributed by atoms with Crippen LogP contribution in [0.5, 0.6) is 5.75 Å². The Morgan fingerprint density at radius 3 is 2.59 bits per heavy atom. The number of benzene rings is 2. The van der Waals surface area contributed by atoms with E-state index in [-0.39, 0.29) is 5.75 Å². The van der Waals surface area contributed by atoms with Crippen molar-refractivity contribution in [2.24, 2.45) is 7.05 Å². The first-order valence-electron chi connectivity index (χ1n) is 9.78. The molecule has 5 rings (SSSR count). The molecule has 0 saturated carbocycles. The van der Waals surface area contributed by atoms with Crippen LogP contribution in [0.1, 0.15) is 17.2 Å². The molecule has 0 atom stereocenters. The number of likely N-dealkylation sites (N-methyl/N-ethyl adjacent to an activating group) is 1. The van der Waals surface area contributed by atoms with Gasteiger partial charge < -0.3 is 10.0 Å². The molecule has 3 heterocycles. The Bertz CT molecular complexity index is 1210. The van der Waals surface area contributed by atoms with E-state index in [1.54, 1.807) is 6.07 Å². The van der Waals surface area contributed by atoms with Gasteiger partial charge in [-0.25, -0.2) is 0 Å². The molecule has 0 aliphatic carbocycles. The lowest BCUT2D eigenvalue weighted by molar-refractivity contribution is 0.186. The van der Waals surface area contributed by atoms with Crippen molar-refractivity contribution in [3.8, 4) is 28.1 Å². The standard InChI is InChI=1S/C23H23N5O/c1-14-9-15(10-16-13-28(3)26-23(14)16)18-5-4-6-21(29)22(18)20-8-7-19(24-25-20)17-11-27(2)12-17/h4-10,13,17,29H,11-12H2,1-3H3. The second-order valence-corrected chi connectivity index (χ2v) is 8.00. The minimum Gasteiger partial charge on any atom is -0.507 e. The molecular formula is C23H23N5O. The number of likely N-dealkylation sites (tertiary alicyclic amines) is 1. The lowest BCUT2D eigenvalue weighted by Gasteiger charge is -2.35. The highest BCUT2D eigenvalue weighted by atomic mass is 16.3. The second-order valence-electron chi connectivity index (χ2n) is 8.00. The Morgan fingerprint density at radius 1 is 1.03 bits per heavy atom. The zero-order valence-electron chi connectivity index (χ0n) is 16.8. The Balaban J connectivity index is 1.60. The van der Waals surface area contributed by atoms with Gasteiger partial charge in [-0.15, -0.1) is 0 Å². The van der Waals surface area contributed by atoms with Crippen molar-refractivity contribution >= 4 is 10.9 Å². The van der Waals surface area contributed by atoms with E-state index in [1.807, 2.05) is 42.2 Å². The van der Waals surface area contributed by atoms with E-state index in [0.717, 1.165) is 46.4 Å². The number of nitrogens with zero attached hydrogens (tertiary/aromatic N) is 5. The van der Waals surface area contributed by atoms with Crippen LogP contribution in [0.25, 0.3) is 33.3 Å². The number of aromatic nitrogens is 4. The lowest BCUT2D eigenvalue weighted by Crippen LogP contribution is -2.42. The van der Waals surface area contributed by atoms with E-state index >= 15 is 0 Å². The lowest BCUT2D eigenvalue weighted by atomic mass is 9.93. The molecule has 146 valence electrons. The minimum atomic E-state index is 0.205. The van der Waals surface area contributed by atoms with Gasteiger partial charge in [0, 0.05) is 37.6 Å². The third kappa shape index (κ3) is 3.06. The van der Waals surface area contributed by atoms with Crippen molar-refractivity contribution in [1.82, 2.24) is 24.9 Å². The number of rotatable bonds is 3. The maximum atomic E-state index is 10.7. The number of phenolic OH excluding ortho intramolecular Hbond substituents is 1. The summed E-state index contributed by atoms with van der Waals surface area (Å²) in [6.45, 7) is 4.09. The molecule has 0 radical (unpaired) electrons. The summed E-state index contributed by atoms with van der Waals surface area (Å²) in [5, 5.41) is 25.2. The Labute approximate surface area is 169 Å². The molecule has 2 aromatic heterocycles. The smallest absolute Gasteiger partial charge is 0.125 e. The van der Waals surface area contributed by atoms with Gasteiger partial charge in [-0.1, -0.05) is 12.1 Å². The van der Waals surface area contributed by atoms with Crippen molar-refractivity contribution < 1.29 is 5.11 Å². The highest BCUT2D eigenvalue weighted by Crippen LogP contribution is 2.39. The van der Waals surface area contributed by atoms with Crippen molar-refractivity contribution in [3.05, 3.63) is 59.9 Å². The normalized spacial score (nSPS) is 15.0. The van der Waals surface area contributed by atoms with Gasteiger partial charge in [-0.05, 0) is 61.0 Å². The van der Waals surface area contributed by atoms with Gasteiger partial charge in [0.2, 0.25) is 0 Å². The van der Waals surface area contributed by atoms with Crippen molar-refractivity contribution in [2.75, 3.05) is 20.1 Å². The van der Waals surface area contributed by atoms with E-state index < -0.39 is 0 Å². The first-order chi connectivity index (χ1) is 14.0. The summed E-state index contributed by atoms with van der Waals surface area (Å²) < 4.78 is 1.83. The molecule has 0 spiro atoms. The van der Waals surface area contributed by atoms with Crippen LogP contribution in [0.3, 0.4) is 0 Å². The summed E-state index contributed by atoms with van der Waals surface area (Å²) in [6, 6.07) is 13.8. The van der Waals surface area contributed by atoms with Crippen LogP contribution in [0.4, 0.5) is 0 Å². The highest BCUT2D eigenvalue weighted by molar-refractivity contribution is 5.92. The van der Waals surface area contributed by atoms with E-state index in [1.165, 1.54) is 0 Å². The number of aryl methyl sites for hydroxylation is 2. The van der Waals surface area contributed by atoms with Gasteiger partial charge in [0.1, 0.15) is 5.75 Å². The first-order valence-corrected chi connectivity index (χ1v) is 9.78. The second kappa shape index (κ2) is 6.67. The van der Waals surface area contributed by atoms with E-state index in [4.69, 9.17) is 0 Å². The van der Waals surface area contributed by atoms with Crippen LogP contribution in [0.15, 0.2) is 48.7 Å². The fourth-order valence-corrected chi connectivity index (χ4v) is 4.21. The molecule has 1 aliphatic heterocycles. The number of hydrogen-bond donors (Lipinski definition) is 1. The predicted octanol–water partition coefficient (Wildman–Crippen LogP) is 3.74. The minimum absolute atomic E-state index is 0.205. The fourth-order valence-electron chi connectivity index (χ4n) is 4.21. The quantitative estimate of drug-likeness (QED) is 0.582. The molecule has 0 amide bonds. The SMILES string of the molecule is Cc1cc(-c2cccc(O)c2-c2ccc(C3CN(C)C3)nn2)cc2cn(C)nc12. The topological polar surface area (TPSA) is 67.1 Å². The van der Waals surface area contributed by atoms with Crippen LogP contribution < -0.4 is 0 Å². The zero-order valence-corrected chi connectivity index (χ0v) is 16.8. The predicted molar refractivity (Wildman–Crippen MR) is 114 cm³/mol. The van der Waals surface area contributed by atoms with Gasteiger partial charge >= 0.3 is 0 Å². The fraction of sp³-hybridized carbons (Fsp3) is 0.261. The van der Waals surface area contributed by atoms with Gasteiger partial charge in [0.25, 0.3) is 0 Å². The highest BCUT2D eigenvalue weighted by Gasteiger charge is 2.26. The summed E-state index contributed by atoms with van der Waals surface area (Å²) in [6.07, 6.45) is 2.01. The molecule has 4 aromatic rings. The maximum Gasteiger partial charge on any atom is 0.125 e. The molecular weight excluding hydrogens is 362 g/mol. The molecule has 0 unspecified atom stereocenters. The van der Waals surface area contributed by atoms with Crippen molar-refractivity contribution in [1.29, 1.82) is 0 Å². The summed E-state index contributed by atoms with van der Waals surface area (Å²) in [7, 11) is 4.03. The molecule has 1 saturated heterocycles. The number of aromatic hydroxyl groups is 1. The van der Waals surface area contributed by atoms with Crippen LogP contribution >= 0.6 is 0 Å². The monoisotopic (exact) mass is 385 g/mol. The molecule has 1 fully saturated rings. The average Bonchev–Trinajstić information content (AvgIpc) is 3.06. The van der Waals surface area contributed by atoms with E-state index in [9.17, 15) is 5.11 Å². The molecule has 6 heteroatoms. The van der Waals surface area contributed by atoms with Crippen LogP contribution in [-0.2, 0) is 7.05 Å². The van der Waals surface area contributed by atoms with Crippen molar-refractivity contribution in [2.45, 2.75) is 12.8 Å². The third-order valence-corrected chi connectivity index (χ3v) is 5.69. The first kappa shape index (κ1) is 17.8. The van der Waals surface area contributed by atoms with Gasteiger partial charge in [-0.2, -0.15) is 15.3 Å². The molecule has 6 nitrogen and oxygen atoms in total. The summed E-state index contributed by atoms with van der Waals surface area (Å²) >= 11 is 0. The van der Waals surface area contributed by atoms with Gasteiger partial charge in [0.05, 0.1) is 22.5 Å². The maximum absolute atomic E-state index is 10.7. The number of phenols is 1. The van der Waals surface area contributed by atoms with Crippen molar-refractivity contribution in [3.63, 3.8) is 0 Å². The number of fused-ring (bicyclic) bond motifs is 1. The zero-order chi connectivity index (χ0) is 20.1. The Kier molecular flexibility index (Phi) is 4.10. The van der Waals surface area contributed by atoms with E-state index in [2.05, 4.69) is 46.3 Å². The molecule has 1 N–H and O–H groups in total. The van der Waals surface area contributed by atoms with Gasteiger partial charge in [0.15, 0.2) is 0 Å². The summed E-state index contributed by atoms with van der Waals surface area (Å²) in [4.78, 5) is 2.26. The van der Waals surface area contributed by atoms with Crippen LogP contribution in [0.2, 0.25) is 0 Å². The Hall–Kier alpha value is -3.25. The summed E-state index contributed by atoms with van der Waals surface area (Å²) in [5.41, 5.74) is 6.45. The largest absolute Gasteiger partial charge is 0.507 e. The van der Waals surface area contributed by atoms with Crippen LogP contribution in [-0.4, -0.2) is 50.1 Å². The van der Waals surface area contributed by atoms with Gasteiger partial charge in [-0.3, -0.25) is 4.68 Å². The number of hydrogen-bond acceptors (Lipinski definition) is 5. The molecule has 2 aromatic carbocycles. The Morgan fingerprint density at radius 2 is 1.86 bits per heavy atom. The summed E-state index contributed by atoms with van der Waals surface area (Å²) in [5.74, 6) is 0.651.